The van der Waals surface area contributed by atoms with Gasteiger partial charge >= 0.3 is 0 Å². The Morgan fingerprint density at radius 1 is 1.05 bits per heavy atom. The van der Waals surface area contributed by atoms with Crippen LogP contribution in [0.2, 0.25) is 0 Å². The van der Waals surface area contributed by atoms with Crippen molar-refractivity contribution in [3.63, 3.8) is 0 Å². The second kappa shape index (κ2) is 5.28. The highest BCUT2D eigenvalue weighted by atomic mass is 14.9. The number of nitrogens with one attached hydrogen (secondary N) is 1. The zero-order valence-electron chi connectivity index (χ0n) is 12.6. The number of fused-ring (bicyclic) bond motifs is 1. The average molecular weight is 257 g/mol. The summed E-state index contributed by atoms with van der Waals surface area (Å²) in [6, 6.07) is 7.70. The van der Waals surface area contributed by atoms with Crippen LogP contribution in [0, 0.1) is 31.6 Å². The monoisotopic (exact) mass is 257 g/mol. The zero-order chi connectivity index (χ0) is 13.4. The number of likely N-dealkylation sites (N-methyl/N-ethyl adjacent to an activating group) is 1. The molecule has 0 saturated heterocycles. The summed E-state index contributed by atoms with van der Waals surface area (Å²) in [5, 5.41) is 3.75. The Hall–Kier alpha value is -0.820. The van der Waals surface area contributed by atoms with E-state index in [4.69, 9.17) is 0 Å². The number of aryl methyl sites for hydroxylation is 2. The molecule has 1 heteroatoms. The molecule has 0 amide bonds. The molecule has 19 heavy (non-hydrogen) atoms. The van der Waals surface area contributed by atoms with E-state index in [0.717, 1.165) is 24.3 Å². The van der Waals surface area contributed by atoms with Crippen LogP contribution in [0.25, 0.3) is 0 Å². The van der Waals surface area contributed by atoms with Crippen LogP contribution in [-0.2, 0) is 6.42 Å². The Kier molecular flexibility index (Phi) is 3.66. The van der Waals surface area contributed by atoms with Crippen LogP contribution in [0.3, 0.4) is 0 Å². The lowest BCUT2D eigenvalue weighted by molar-refractivity contribution is 0.337. The molecule has 3 rings (SSSR count). The van der Waals surface area contributed by atoms with Gasteiger partial charge in [-0.05, 0) is 69.4 Å². The average Bonchev–Trinajstić information content (AvgIpc) is 2.94. The molecule has 0 spiro atoms. The summed E-state index contributed by atoms with van der Waals surface area (Å²) in [6.07, 6.45) is 5.69. The van der Waals surface area contributed by atoms with Crippen molar-refractivity contribution in [2.24, 2.45) is 17.8 Å². The van der Waals surface area contributed by atoms with Gasteiger partial charge in [-0.25, -0.2) is 0 Å². The van der Waals surface area contributed by atoms with Crippen molar-refractivity contribution < 1.29 is 0 Å². The smallest absolute Gasteiger partial charge is 0.0136 e. The van der Waals surface area contributed by atoms with Gasteiger partial charge in [0.2, 0.25) is 0 Å². The molecule has 0 radical (unpaired) electrons. The highest BCUT2D eigenvalue weighted by Crippen LogP contribution is 2.55. The predicted molar refractivity (Wildman–Crippen MR) is 81.4 cm³/mol. The van der Waals surface area contributed by atoms with E-state index in [1.54, 1.807) is 0 Å². The zero-order valence-corrected chi connectivity index (χ0v) is 12.6. The van der Waals surface area contributed by atoms with E-state index in [2.05, 4.69) is 44.3 Å². The Balaban J connectivity index is 1.69. The Morgan fingerprint density at radius 2 is 1.68 bits per heavy atom. The Labute approximate surface area is 117 Å². The van der Waals surface area contributed by atoms with Gasteiger partial charge in [0, 0.05) is 6.04 Å². The minimum atomic E-state index is 0.694. The summed E-state index contributed by atoms with van der Waals surface area (Å²) in [5.41, 5.74) is 4.32. The molecule has 0 heterocycles. The first-order valence-electron chi connectivity index (χ1n) is 7.96. The van der Waals surface area contributed by atoms with Crippen molar-refractivity contribution in [2.75, 3.05) is 6.54 Å². The van der Waals surface area contributed by atoms with Gasteiger partial charge in [-0.3, -0.25) is 0 Å². The van der Waals surface area contributed by atoms with Crippen molar-refractivity contribution in [3.05, 3.63) is 34.9 Å². The molecule has 2 aliphatic rings. The number of benzene rings is 1. The van der Waals surface area contributed by atoms with Crippen LogP contribution in [0.1, 0.15) is 42.9 Å². The Bertz CT molecular complexity index is 421. The van der Waals surface area contributed by atoms with Crippen molar-refractivity contribution in [2.45, 2.75) is 52.5 Å². The van der Waals surface area contributed by atoms with Crippen molar-refractivity contribution in [3.8, 4) is 0 Å². The lowest BCUT2D eigenvalue weighted by Crippen LogP contribution is -2.37. The van der Waals surface area contributed by atoms with Crippen LogP contribution in [0.5, 0.6) is 0 Å². The molecule has 104 valence electrons. The SMILES string of the molecule is CCNC(Cc1cc(C)cc(C)c1)C1CC2CC2C1. The van der Waals surface area contributed by atoms with Crippen molar-refractivity contribution >= 4 is 0 Å². The van der Waals surface area contributed by atoms with E-state index in [1.807, 2.05) is 0 Å². The molecule has 2 saturated carbocycles. The third-order valence-electron chi connectivity index (χ3n) is 5.05. The van der Waals surface area contributed by atoms with Crippen LogP contribution >= 0.6 is 0 Å². The largest absolute Gasteiger partial charge is 0.314 e. The second-order valence-corrected chi connectivity index (χ2v) is 6.85. The lowest BCUT2D eigenvalue weighted by Gasteiger charge is -2.26. The minimum absolute atomic E-state index is 0.694. The summed E-state index contributed by atoms with van der Waals surface area (Å²) < 4.78 is 0. The minimum Gasteiger partial charge on any atom is -0.314 e. The quantitative estimate of drug-likeness (QED) is 0.844. The van der Waals surface area contributed by atoms with E-state index in [-0.39, 0.29) is 0 Å². The molecule has 0 aliphatic heterocycles. The molecular weight excluding hydrogens is 230 g/mol. The van der Waals surface area contributed by atoms with E-state index in [9.17, 15) is 0 Å². The van der Waals surface area contributed by atoms with Crippen molar-refractivity contribution in [1.82, 2.24) is 5.32 Å². The molecule has 3 unspecified atom stereocenters. The molecule has 1 N–H and O–H groups in total. The van der Waals surface area contributed by atoms with Gasteiger partial charge in [-0.15, -0.1) is 0 Å². The van der Waals surface area contributed by atoms with E-state index < -0.39 is 0 Å². The van der Waals surface area contributed by atoms with E-state index >= 15 is 0 Å². The predicted octanol–water partition coefficient (Wildman–Crippen LogP) is 3.87. The third kappa shape index (κ3) is 3.02. The number of rotatable bonds is 5. The van der Waals surface area contributed by atoms with Gasteiger partial charge in [-0.2, -0.15) is 0 Å². The highest BCUT2D eigenvalue weighted by molar-refractivity contribution is 5.29. The summed E-state index contributed by atoms with van der Waals surface area (Å²) in [6.45, 7) is 7.76. The maximum Gasteiger partial charge on any atom is 0.0136 e. The first-order valence-corrected chi connectivity index (χ1v) is 7.96. The highest BCUT2D eigenvalue weighted by Gasteiger charge is 2.47. The third-order valence-corrected chi connectivity index (χ3v) is 5.05. The molecule has 1 nitrogen and oxygen atoms in total. The van der Waals surface area contributed by atoms with Crippen molar-refractivity contribution in [1.29, 1.82) is 0 Å². The second-order valence-electron chi connectivity index (χ2n) is 6.85. The standard InChI is InChI=1S/C18H27N/c1-4-19-18(17-10-15-9-16(15)11-17)8-14-6-12(2)5-13(3)7-14/h5-7,15-19H,4,8-11H2,1-3H3. The Morgan fingerprint density at radius 3 is 2.26 bits per heavy atom. The molecule has 0 aromatic heterocycles. The summed E-state index contributed by atoms with van der Waals surface area (Å²) in [5.74, 6) is 3.10. The fraction of sp³-hybridized carbons (Fsp3) is 0.667. The fourth-order valence-electron chi connectivity index (χ4n) is 4.20. The molecule has 2 aliphatic carbocycles. The van der Waals surface area contributed by atoms with Gasteiger partial charge in [0.05, 0.1) is 0 Å². The summed E-state index contributed by atoms with van der Waals surface area (Å²) >= 11 is 0. The lowest BCUT2D eigenvalue weighted by atomic mass is 9.89. The van der Waals surface area contributed by atoms with E-state index in [1.165, 1.54) is 42.4 Å². The molecule has 1 aromatic rings. The van der Waals surface area contributed by atoms with Gasteiger partial charge in [0.1, 0.15) is 0 Å². The number of hydrogen-bond donors (Lipinski definition) is 1. The van der Waals surface area contributed by atoms with Gasteiger partial charge in [0.15, 0.2) is 0 Å². The maximum atomic E-state index is 3.75. The van der Waals surface area contributed by atoms with Gasteiger partial charge in [0.25, 0.3) is 0 Å². The van der Waals surface area contributed by atoms with Crippen LogP contribution in [0.4, 0.5) is 0 Å². The molecule has 1 aromatic carbocycles. The van der Waals surface area contributed by atoms with Crippen LogP contribution in [-0.4, -0.2) is 12.6 Å². The molecule has 2 fully saturated rings. The molecular formula is C18H27N. The summed E-state index contributed by atoms with van der Waals surface area (Å²) in [4.78, 5) is 0. The van der Waals surface area contributed by atoms with Gasteiger partial charge < -0.3 is 5.32 Å². The van der Waals surface area contributed by atoms with Gasteiger partial charge in [-0.1, -0.05) is 36.2 Å². The first-order chi connectivity index (χ1) is 9.15. The topological polar surface area (TPSA) is 12.0 Å². The fourth-order valence-corrected chi connectivity index (χ4v) is 4.20. The number of hydrogen-bond acceptors (Lipinski definition) is 1. The van der Waals surface area contributed by atoms with Crippen LogP contribution < -0.4 is 5.32 Å². The summed E-state index contributed by atoms with van der Waals surface area (Å²) in [7, 11) is 0. The molecule has 0 bridgehead atoms. The maximum absolute atomic E-state index is 3.75. The van der Waals surface area contributed by atoms with E-state index in [0.29, 0.717) is 6.04 Å². The normalized spacial score (nSPS) is 30.2. The van der Waals surface area contributed by atoms with Crippen LogP contribution in [0.15, 0.2) is 18.2 Å². The molecule has 3 atom stereocenters. The first kappa shape index (κ1) is 13.2.